The predicted molar refractivity (Wildman–Crippen MR) is 53.4 cm³/mol. The number of carboxylic acids is 2. The van der Waals surface area contributed by atoms with Gasteiger partial charge in [0.25, 0.3) is 0 Å². The average Bonchev–Trinajstić information content (AvgIpc) is 2.01. The Labute approximate surface area is 88.0 Å². The first-order valence-electron chi connectivity index (χ1n) is 4.53. The Morgan fingerprint density at radius 3 is 2.20 bits per heavy atom. The van der Waals surface area contributed by atoms with Crippen molar-refractivity contribution in [3.8, 4) is 0 Å². The van der Waals surface area contributed by atoms with E-state index in [-0.39, 0.29) is 6.42 Å². The summed E-state index contributed by atoms with van der Waals surface area (Å²) in [5.74, 6) is -2.93. The van der Waals surface area contributed by atoms with Crippen LogP contribution in [0.5, 0.6) is 0 Å². The highest BCUT2D eigenvalue weighted by molar-refractivity contribution is 5.80. The number of hydrogen-bond acceptors (Lipinski definition) is 3. The van der Waals surface area contributed by atoms with Crippen LogP contribution in [0.1, 0.15) is 27.2 Å². The van der Waals surface area contributed by atoms with Crippen molar-refractivity contribution in [1.29, 1.82) is 0 Å². The molecule has 0 aliphatic heterocycles. The van der Waals surface area contributed by atoms with Gasteiger partial charge in [-0.15, -0.1) is 0 Å². The van der Waals surface area contributed by atoms with Gasteiger partial charge in [-0.3, -0.25) is 0 Å². The molecule has 5 heteroatoms. The molecule has 5 nitrogen and oxygen atoms in total. The largest absolute Gasteiger partial charge is 0.479 e. The van der Waals surface area contributed by atoms with E-state index in [1.165, 1.54) is 6.92 Å². The van der Waals surface area contributed by atoms with Gasteiger partial charge in [0.05, 0.1) is 0 Å². The lowest BCUT2D eigenvalue weighted by Crippen LogP contribution is -2.41. The first-order valence-corrected chi connectivity index (χ1v) is 4.53. The third kappa shape index (κ3) is 4.12. The maximum absolute atomic E-state index is 10.7. The lowest BCUT2D eigenvalue weighted by atomic mass is 9.86. The number of hydrogen-bond donors (Lipinski definition) is 3. The Morgan fingerprint density at radius 1 is 1.40 bits per heavy atom. The third-order valence-corrected chi connectivity index (χ3v) is 2.39. The fourth-order valence-corrected chi connectivity index (χ4v) is 1.16. The first kappa shape index (κ1) is 13.6. The van der Waals surface area contributed by atoms with Gasteiger partial charge in [0.15, 0.2) is 5.60 Å². The third-order valence-electron chi connectivity index (χ3n) is 2.39. The molecule has 0 aliphatic rings. The molecule has 0 spiro atoms. The highest BCUT2D eigenvalue weighted by atomic mass is 16.4. The van der Waals surface area contributed by atoms with E-state index in [1.807, 2.05) is 0 Å². The monoisotopic (exact) mass is 216 g/mol. The molecule has 0 radical (unpaired) electrons. The zero-order chi connectivity index (χ0) is 12.2. The van der Waals surface area contributed by atoms with Crippen molar-refractivity contribution in [1.82, 2.24) is 0 Å². The van der Waals surface area contributed by atoms with Crippen molar-refractivity contribution >= 4 is 11.9 Å². The average molecular weight is 216 g/mol. The molecule has 0 saturated heterocycles. The van der Waals surface area contributed by atoms with E-state index in [2.05, 4.69) is 0 Å². The molecule has 2 unspecified atom stereocenters. The first-order chi connectivity index (χ1) is 6.67. The minimum atomic E-state index is -1.84. The molecule has 0 amide bonds. The summed E-state index contributed by atoms with van der Waals surface area (Å²) in [6, 6.07) is 0. The highest BCUT2D eigenvalue weighted by Crippen LogP contribution is 2.23. The lowest BCUT2D eigenvalue weighted by molar-refractivity contribution is -0.161. The molecule has 15 heavy (non-hydrogen) atoms. The van der Waals surface area contributed by atoms with Gasteiger partial charge in [0.1, 0.15) is 0 Å². The Kier molecular flexibility index (Phi) is 4.48. The molecule has 0 aromatic carbocycles. The van der Waals surface area contributed by atoms with E-state index in [4.69, 9.17) is 10.2 Å². The van der Waals surface area contributed by atoms with Crippen LogP contribution in [0.25, 0.3) is 0 Å². The minimum Gasteiger partial charge on any atom is -0.479 e. The molecule has 0 saturated carbocycles. The normalized spacial score (nSPS) is 18.0. The van der Waals surface area contributed by atoms with Crippen molar-refractivity contribution in [2.75, 3.05) is 0 Å². The van der Waals surface area contributed by atoms with Crippen LogP contribution in [0, 0.1) is 5.92 Å². The highest BCUT2D eigenvalue weighted by Gasteiger charge is 2.36. The number of carboxylic acid groups (broad SMARTS) is 2. The summed E-state index contributed by atoms with van der Waals surface area (Å²) in [5, 5.41) is 26.7. The molecule has 86 valence electrons. The van der Waals surface area contributed by atoms with Gasteiger partial charge in [-0.1, -0.05) is 12.5 Å². The van der Waals surface area contributed by atoms with Crippen molar-refractivity contribution in [2.24, 2.45) is 5.92 Å². The maximum atomic E-state index is 10.7. The Hall–Kier alpha value is -1.36. The number of rotatable bonds is 5. The van der Waals surface area contributed by atoms with Gasteiger partial charge < -0.3 is 15.3 Å². The van der Waals surface area contributed by atoms with Crippen LogP contribution >= 0.6 is 0 Å². The number of aliphatic hydroxyl groups is 1. The maximum Gasteiger partial charge on any atom is 0.335 e. The van der Waals surface area contributed by atoms with Gasteiger partial charge in [0.2, 0.25) is 0 Å². The van der Waals surface area contributed by atoms with Crippen LogP contribution in [0.3, 0.4) is 0 Å². The summed E-state index contributed by atoms with van der Waals surface area (Å²) in [4.78, 5) is 21.0. The van der Waals surface area contributed by atoms with E-state index in [9.17, 15) is 14.7 Å². The topological polar surface area (TPSA) is 94.8 Å². The molecule has 0 fully saturated rings. The zero-order valence-corrected chi connectivity index (χ0v) is 9.02. The number of allylic oxidation sites excluding steroid dienone is 1. The van der Waals surface area contributed by atoms with Crippen LogP contribution in [-0.4, -0.2) is 32.9 Å². The molecule has 2 atom stereocenters. The second-order valence-corrected chi connectivity index (χ2v) is 3.89. The summed E-state index contributed by atoms with van der Waals surface area (Å²) >= 11 is 0. The SMILES string of the molecule is C/C(=C\C(=O)O)CC(C)C(C)(O)C(=O)O. The molecule has 0 rings (SSSR count). The molecule has 3 N–H and O–H groups in total. The van der Waals surface area contributed by atoms with Crippen LogP contribution in [0.4, 0.5) is 0 Å². The molecule has 0 bridgehead atoms. The van der Waals surface area contributed by atoms with Crippen LogP contribution in [0.15, 0.2) is 11.6 Å². The van der Waals surface area contributed by atoms with Crippen molar-refractivity contribution in [2.45, 2.75) is 32.8 Å². The second kappa shape index (κ2) is 4.93. The standard InChI is InChI=1S/C10H16O5/c1-6(5-8(11)12)4-7(2)10(3,15)9(13)14/h5,7,15H,4H2,1-3H3,(H,11,12)(H,13,14)/b6-5+. The second-order valence-electron chi connectivity index (χ2n) is 3.89. The number of carbonyl (C=O) groups is 2. The molecule has 0 aromatic rings. The van der Waals surface area contributed by atoms with Crippen molar-refractivity contribution in [3.63, 3.8) is 0 Å². The summed E-state index contributed by atoms with van der Waals surface area (Å²) < 4.78 is 0. The minimum absolute atomic E-state index is 0.228. The van der Waals surface area contributed by atoms with E-state index in [1.54, 1.807) is 13.8 Å². The van der Waals surface area contributed by atoms with E-state index in [0.29, 0.717) is 5.57 Å². The lowest BCUT2D eigenvalue weighted by Gasteiger charge is -2.25. The van der Waals surface area contributed by atoms with Gasteiger partial charge in [0, 0.05) is 6.08 Å². The summed E-state index contributed by atoms with van der Waals surface area (Å²) in [7, 11) is 0. The fraction of sp³-hybridized carbons (Fsp3) is 0.600. The fourth-order valence-electron chi connectivity index (χ4n) is 1.16. The quantitative estimate of drug-likeness (QED) is 0.593. The summed E-state index contributed by atoms with van der Waals surface area (Å²) in [6.07, 6.45) is 1.24. The van der Waals surface area contributed by atoms with Crippen LogP contribution in [-0.2, 0) is 9.59 Å². The molecular weight excluding hydrogens is 200 g/mol. The molecule has 0 aliphatic carbocycles. The summed E-state index contributed by atoms with van der Waals surface area (Å²) in [5.41, 5.74) is -1.32. The van der Waals surface area contributed by atoms with Crippen LogP contribution < -0.4 is 0 Å². The molecular formula is C10H16O5. The predicted octanol–water partition coefficient (Wildman–Crippen LogP) is 0.879. The van der Waals surface area contributed by atoms with Gasteiger partial charge in [-0.2, -0.15) is 0 Å². The van der Waals surface area contributed by atoms with E-state index in [0.717, 1.165) is 6.08 Å². The zero-order valence-electron chi connectivity index (χ0n) is 9.02. The smallest absolute Gasteiger partial charge is 0.335 e. The van der Waals surface area contributed by atoms with E-state index >= 15 is 0 Å². The number of aliphatic carboxylic acids is 2. The van der Waals surface area contributed by atoms with Crippen LogP contribution in [0.2, 0.25) is 0 Å². The Bertz CT molecular complexity index is 290. The van der Waals surface area contributed by atoms with Crippen molar-refractivity contribution < 1.29 is 24.9 Å². The molecule has 0 aromatic heterocycles. The van der Waals surface area contributed by atoms with Gasteiger partial charge in [-0.25, -0.2) is 9.59 Å². The Morgan fingerprint density at radius 2 is 1.87 bits per heavy atom. The van der Waals surface area contributed by atoms with Crippen molar-refractivity contribution in [3.05, 3.63) is 11.6 Å². The summed E-state index contributed by atoms with van der Waals surface area (Å²) in [6.45, 7) is 4.35. The molecule has 0 heterocycles. The Balaban J connectivity index is 4.56. The van der Waals surface area contributed by atoms with Gasteiger partial charge >= 0.3 is 11.9 Å². The van der Waals surface area contributed by atoms with E-state index < -0.39 is 23.5 Å². The van der Waals surface area contributed by atoms with Gasteiger partial charge in [-0.05, 0) is 26.2 Å².